The molecule has 110 valence electrons. The van der Waals surface area contributed by atoms with Crippen molar-refractivity contribution in [2.75, 3.05) is 0 Å². The lowest BCUT2D eigenvalue weighted by Crippen LogP contribution is -2.24. The summed E-state index contributed by atoms with van der Waals surface area (Å²) in [7, 11) is 0. The maximum absolute atomic E-state index is 12.5. The molecular formula is C15H12N4O3. The van der Waals surface area contributed by atoms with Crippen molar-refractivity contribution >= 4 is 23.2 Å². The number of carbonyl (C=O) groups is 2. The molecule has 7 nitrogen and oxygen atoms in total. The Morgan fingerprint density at radius 3 is 2.50 bits per heavy atom. The number of benzene rings is 1. The number of hydrogen-bond acceptors (Lipinski definition) is 4. The van der Waals surface area contributed by atoms with Gasteiger partial charge in [0.25, 0.3) is 0 Å². The molecule has 0 bridgehead atoms. The van der Waals surface area contributed by atoms with Crippen LogP contribution in [0.4, 0.5) is 0 Å². The van der Waals surface area contributed by atoms with Crippen LogP contribution in [0.15, 0.2) is 47.4 Å². The molecule has 1 amide bonds. The lowest BCUT2D eigenvalue weighted by Gasteiger charge is -2.02. The summed E-state index contributed by atoms with van der Waals surface area (Å²) in [4.78, 5) is 38.5. The zero-order valence-corrected chi connectivity index (χ0v) is 11.5. The number of fused-ring (bicyclic) bond motifs is 1. The highest BCUT2D eigenvalue weighted by atomic mass is 16.2. The maximum atomic E-state index is 12.5. The molecule has 0 unspecified atom stereocenters. The Morgan fingerprint density at radius 2 is 1.91 bits per heavy atom. The van der Waals surface area contributed by atoms with Crippen molar-refractivity contribution in [3.63, 3.8) is 0 Å². The van der Waals surface area contributed by atoms with Crippen LogP contribution in [0.25, 0.3) is 16.9 Å². The molecule has 22 heavy (non-hydrogen) atoms. The van der Waals surface area contributed by atoms with E-state index in [2.05, 4.69) is 4.98 Å². The summed E-state index contributed by atoms with van der Waals surface area (Å²) >= 11 is 0. The average Bonchev–Trinajstić information content (AvgIpc) is 2.80. The molecule has 0 aliphatic carbocycles. The highest BCUT2D eigenvalue weighted by Gasteiger charge is 2.14. The Kier molecular flexibility index (Phi) is 3.30. The van der Waals surface area contributed by atoms with Crippen LogP contribution in [0.5, 0.6) is 0 Å². The maximum Gasteiger partial charge on any atom is 0.335 e. The topological polar surface area (TPSA) is 100.0 Å². The van der Waals surface area contributed by atoms with Crippen molar-refractivity contribution in [2.45, 2.75) is 6.54 Å². The Balaban J connectivity index is 2.26. The van der Waals surface area contributed by atoms with Crippen molar-refractivity contribution in [3.8, 4) is 5.82 Å². The van der Waals surface area contributed by atoms with E-state index >= 15 is 0 Å². The van der Waals surface area contributed by atoms with Crippen LogP contribution in [-0.2, 0) is 11.3 Å². The number of rotatable bonds is 4. The minimum absolute atomic E-state index is 0.0360. The number of carbonyl (C=O) groups excluding carboxylic acids is 2. The minimum Gasteiger partial charge on any atom is -0.366 e. The predicted octanol–water partition coefficient (Wildman–Crippen LogP) is 0.485. The molecule has 3 rings (SSSR count). The van der Waals surface area contributed by atoms with Crippen molar-refractivity contribution in [1.29, 1.82) is 0 Å². The van der Waals surface area contributed by atoms with Gasteiger partial charge in [0, 0.05) is 6.20 Å². The number of para-hydroxylation sites is 2. The quantitative estimate of drug-likeness (QED) is 0.708. The van der Waals surface area contributed by atoms with E-state index in [1.165, 1.54) is 21.4 Å². The minimum atomic E-state index is -0.588. The fraction of sp³-hybridized carbons (Fsp3) is 0.0667. The fourth-order valence-electron chi connectivity index (χ4n) is 2.34. The molecule has 0 saturated heterocycles. The largest absolute Gasteiger partial charge is 0.366 e. The van der Waals surface area contributed by atoms with Gasteiger partial charge in [0.15, 0.2) is 0 Å². The molecule has 0 radical (unpaired) electrons. The van der Waals surface area contributed by atoms with Crippen molar-refractivity contribution < 1.29 is 9.59 Å². The molecule has 3 aromatic rings. The Labute approximate surface area is 124 Å². The molecule has 0 saturated carbocycles. The molecule has 0 spiro atoms. The third-order valence-electron chi connectivity index (χ3n) is 3.35. The smallest absolute Gasteiger partial charge is 0.335 e. The number of amides is 1. The molecule has 0 atom stereocenters. The van der Waals surface area contributed by atoms with E-state index in [-0.39, 0.29) is 17.8 Å². The van der Waals surface area contributed by atoms with Crippen LogP contribution in [-0.4, -0.2) is 26.3 Å². The van der Waals surface area contributed by atoms with Gasteiger partial charge in [-0.25, -0.2) is 14.3 Å². The van der Waals surface area contributed by atoms with Gasteiger partial charge in [-0.3, -0.25) is 9.36 Å². The van der Waals surface area contributed by atoms with Gasteiger partial charge in [-0.2, -0.15) is 0 Å². The van der Waals surface area contributed by atoms with Crippen LogP contribution in [0.3, 0.4) is 0 Å². The molecule has 0 fully saturated rings. The summed E-state index contributed by atoms with van der Waals surface area (Å²) in [6.45, 7) is -0.0360. The van der Waals surface area contributed by atoms with Gasteiger partial charge in [-0.15, -0.1) is 0 Å². The number of nitrogens with zero attached hydrogens (tertiary/aromatic N) is 3. The first-order valence-electron chi connectivity index (χ1n) is 6.53. The van der Waals surface area contributed by atoms with Gasteiger partial charge in [0.2, 0.25) is 5.91 Å². The first-order valence-corrected chi connectivity index (χ1v) is 6.53. The lowest BCUT2D eigenvalue weighted by atomic mass is 10.2. The van der Waals surface area contributed by atoms with E-state index in [1.54, 1.807) is 30.3 Å². The van der Waals surface area contributed by atoms with E-state index in [9.17, 15) is 14.4 Å². The van der Waals surface area contributed by atoms with Gasteiger partial charge < -0.3 is 10.5 Å². The fourth-order valence-corrected chi connectivity index (χ4v) is 2.34. The van der Waals surface area contributed by atoms with Crippen molar-refractivity contribution in [2.24, 2.45) is 5.73 Å². The summed E-state index contributed by atoms with van der Waals surface area (Å²) in [5, 5.41) is 0. The molecule has 0 aliphatic heterocycles. The lowest BCUT2D eigenvalue weighted by molar-refractivity contribution is -0.108. The Morgan fingerprint density at radius 1 is 1.18 bits per heavy atom. The highest BCUT2D eigenvalue weighted by Crippen LogP contribution is 2.16. The summed E-state index contributed by atoms with van der Waals surface area (Å²) in [6, 6.07) is 10.1. The van der Waals surface area contributed by atoms with Crippen LogP contribution < -0.4 is 11.4 Å². The number of pyridine rings is 1. The Hall–Kier alpha value is -3.22. The van der Waals surface area contributed by atoms with Gasteiger partial charge in [-0.05, 0) is 24.3 Å². The third-order valence-corrected chi connectivity index (χ3v) is 3.35. The predicted molar refractivity (Wildman–Crippen MR) is 79.9 cm³/mol. The van der Waals surface area contributed by atoms with E-state index in [0.717, 1.165) is 0 Å². The average molecular weight is 296 g/mol. The second kappa shape index (κ2) is 5.28. The van der Waals surface area contributed by atoms with Crippen LogP contribution in [0.2, 0.25) is 0 Å². The monoisotopic (exact) mass is 296 g/mol. The second-order valence-electron chi connectivity index (χ2n) is 4.65. The second-order valence-corrected chi connectivity index (χ2v) is 4.65. The third kappa shape index (κ3) is 2.08. The molecule has 0 aliphatic rings. The molecule has 2 heterocycles. The number of imidazole rings is 1. The van der Waals surface area contributed by atoms with Gasteiger partial charge in [0.05, 0.1) is 23.1 Å². The van der Waals surface area contributed by atoms with Gasteiger partial charge in [0.1, 0.15) is 12.1 Å². The van der Waals surface area contributed by atoms with Crippen molar-refractivity contribution in [1.82, 2.24) is 14.1 Å². The van der Waals surface area contributed by atoms with Gasteiger partial charge in [-0.1, -0.05) is 12.1 Å². The summed E-state index contributed by atoms with van der Waals surface area (Å²) < 4.78 is 2.76. The van der Waals surface area contributed by atoms with E-state index in [4.69, 9.17) is 5.73 Å². The standard InChI is InChI=1S/C15H12N4O3/c16-14(21)10-5-6-13(17-9-10)19-12-4-2-1-3-11(12)18(7-8-20)15(19)22/h1-6,8-9H,7H2,(H2,16,21). The SMILES string of the molecule is NC(=O)c1ccc(-n2c(=O)n(CC=O)c3ccccc32)nc1. The van der Waals surface area contributed by atoms with Crippen LogP contribution in [0.1, 0.15) is 10.4 Å². The van der Waals surface area contributed by atoms with E-state index < -0.39 is 5.91 Å². The molecule has 1 aromatic carbocycles. The van der Waals surface area contributed by atoms with E-state index in [0.29, 0.717) is 23.1 Å². The van der Waals surface area contributed by atoms with E-state index in [1.807, 2.05) is 0 Å². The normalized spacial score (nSPS) is 10.7. The summed E-state index contributed by atoms with van der Waals surface area (Å²) in [5.74, 6) is -0.231. The Bertz CT molecular complexity index is 922. The number of nitrogens with two attached hydrogens (primary N) is 1. The number of aromatic nitrogens is 3. The summed E-state index contributed by atoms with van der Waals surface area (Å²) in [6.07, 6.45) is 1.98. The first kappa shape index (κ1) is 13.7. The number of aldehydes is 1. The zero-order chi connectivity index (χ0) is 15.7. The molecule has 2 aromatic heterocycles. The molecule has 7 heteroatoms. The van der Waals surface area contributed by atoms with Crippen LogP contribution >= 0.6 is 0 Å². The molecular weight excluding hydrogens is 284 g/mol. The van der Waals surface area contributed by atoms with Gasteiger partial charge >= 0.3 is 5.69 Å². The summed E-state index contributed by atoms with van der Waals surface area (Å²) in [5.41, 5.74) is 6.34. The number of primary amides is 1. The molecule has 2 N–H and O–H groups in total. The first-order chi connectivity index (χ1) is 10.6. The zero-order valence-electron chi connectivity index (χ0n) is 11.5. The number of hydrogen-bond donors (Lipinski definition) is 1. The van der Waals surface area contributed by atoms with Crippen molar-refractivity contribution in [3.05, 3.63) is 58.6 Å². The highest BCUT2D eigenvalue weighted by molar-refractivity contribution is 5.92. The van der Waals surface area contributed by atoms with Crippen LogP contribution in [0, 0.1) is 0 Å².